The number of sulfonamides is 1. The number of alkyl carbamates (subject to hydrolysis) is 1. The Kier molecular flexibility index (Phi) is 10.4. The number of amides is 1. The quantitative estimate of drug-likeness (QED) is 0.311. The Labute approximate surface area is 237 Å². The molecular formula is C29H41N3O7S. The molecule has 1 heterocycles. The van der Waals surface area contributed by atoms with Crippen LogP contribution in [0.15, 0.2) is 59.5 Å². The van der Waals surface area contributed by atoms with E-state index in [0.717, 1.165) is 25.0 Å². The van der Waals surface area contributed by atoms with E-state index in [0.29, 0.717) is 31.1 Å². The topological polar surface area (TPSA) is 126 Å². The number of ether oxygens (including phenoxy) is 3. The van der Waals surface area contributed by atoms with Crippen LogP contribution in [0.3, 0.4) is 0 Å². The number of benzene rings is 2. The normalized spacial score (nSPS) is 22.2. The van der Waals surface area contributed by atoms with Crippen LogP contribution < -0.4 is 14.9 Å². The third-order valence-electron chi connectivity index (χ3n) is 7.36. The molecule has 0 radical (unpaired) electrons. The summed E-state index contributed by atoms with van der Waals surface area (Å²) in [6.45, 7) is 4.97. The van der Waals surface area contributed by atoms with Gasteiger partial charge in [0.1, 0.15) is 11.9 Å². The summed E-state index contributed by atoms with van der Waals surface area (Å²) in [5, 5.41) is 15.7. The van der Waals surface area contributed by atoms with Crippen molar-refractivity contribution in [2.45, 2.75) is 68.8 Å². The number of carbonyl (C=O) groups is 1. The summed E-state index contributed by atoms with van der Waals surface area (Å²) in [7, 11) is -2.41. The van der Waals surface area contributed by atoms with Crippen LogP contribution in [0, 0.1) is 11.8 Å². The van der Waals surface area contributed by atoms with Crippen LogP contribution in [-0.4, -0.2) is 75.8 Å². The Morgan fingerprint density at radius 1 is 1.10 bits per heavy atom. The molecule has 1 aliphatic carbocycles. The van der Waals surface area contributed by atoms with Gasteiger partial charge in [-0.15, -0.1) is 4.83 Å². The number of methoxy groups -OCH3 is 1. The molecule has 0 unspecified atom stereocenters. The highest BCUT2D eigenvalue weighted by Crippen LogP contribution is 2.37. The number of fused-ring (bicyclic) bond motifs is 1. The standard InChI is InChI=1S/C29H41N3O7S/c1-20(2)18-32(31-40(35,36)25-11-9-23(37-3)10-12-25)19-27(33)26(15-21-7-5-4-6-8-21)30-29(34)39-24-16-22-13-14-38-28(22)17-24/h4-12,20,22,24,26-28,31,33H,13-19H2,1-3H3,(H,30,34)/t22-,24+,26-,27+,28+/m0/s1. The lowest BCUT2D eigenvalue weighted by Gasteiger charge is -2.31. The van der Waals surface area contributed by atoms with Crippen molar-refractivity contribution in [3.8, 4) is 5.75 Å². The first-order valence-electron chi connectivity index (χ1n) is 13.8. The number of hydrogen-bond donors (Lipinski definition) is 3. The molecular weight excluding hydrogens is 534 g/mol. The molecule has 2 aliphatic rings. The summed E-state index contributed by atoms with van der Waals surface area (Å²) in [6.07, 6.45) is 1.01. The number of carbonyl (C=O) groups excluding carboxylic acids is 1. The van der Waals surface area contributed by atoms with Crippen LogP contribution in [0.5, 0.6) is 5.75 Å². The molecule has 2 aromatic carbocycles. The third kappa shape index (κ3) is 8.40. The lowest BCUT2D eigenvalue weighted by atomic mass is 10.0. The SMILES string of the molecule is COc1ccc(S(=O)(=O)NN(CC(C)C)C[C@@H](O)[C@H](Cc2ccccc2)NC(=O)O[C@@H]2C[C@@H]3CCO[C@@H]3C2)cc1. The lowest BCUT2D eigenvalue weighted by Crippen LogP contribution is -2.54. The summed E-state index contributed by atoms with van der Waals surface area (Å²) in [5.74, 6) is 1.07. The first-order chi connectivity index (χ1) is 19.1. The second-order valence-corrected chi connectivity index (χ2v) is 12.7. The predicted molar refractivity (Wildman–Crippen MR) is 150 cm³/mol. The van der Waals surface area contributed by atoms with Crippen LogP contribution in [0.1, 0.15) is 38.7 Å². The van der Waals surface area contributed by atoms with Gasteiger partial charge in [0.2, 0.25) is 0 Å². The van der Waals surface area contributed by atoms with Gasteiger partial charge in [-0.05, 0) is 60.9 Å². The Bertz CT molecular complexity index is 1180. The number of aliphatic hydroxyl groups excluding tert-OH is 1. The second kappa shape index (κ2) is 13.8. The van der Waals surface area contributed by atoms with Crippen molar-refractivity contribution >= 4 is 16.1 Å². The number of hydrazine groups is 1. The minimum atomic E-state index is -3.92. The number of aliphatic hydroxyl groups is 1. The fourth-order valence-corrected chi connectivity index (χ4v) is 6.51. The smallest absolute Gasteiger partial charge is 0.407 e. The highest BCUT2D eigenvalue weighted by molar-refractivity contribution is 7.89. The molecule has 1 saturated heterocycles. The third-order valence-corrected chi connectivity index (χ3v) is 8.75. The fourth-order valence-electron chi connectivity index (χ4n) is 5.42. The highest BCUT2D eigenvalue weighted by atomic mass is 32.2. The molecule has 220 valence electrons. The minimum Gasteiger partial charge on any atom is -0.497 e. The largest absolute Gasteiger partial charge is 0.497 e. The van der Waals surface area contributed by atoms with E-state index in [1.54, 1.807) is 12.1 Å². The van der Waals surface area contributed by atoms with E-state index in [4.69, 9.17) is 14.2 Å². The van der Waals surface area contributed by atoms with E-state index in [-0.39, 0.29) is 29.6 Å². The zero-order valence-corrected chi connectivity index (χ0v) is 24.2. The maximum atomic E-state index is 13.1. The molecule has 1 saturated carbocycles. The molecule has 4 rings (SSSR count). The van der Waals surface area contributed by atoms with Crippen LogP contribution in [-0.2, 0) is 25.9 Å². The molecule has 11 heteroatoms. The molecule has 40 heavy (non-hydrogen) atoms. The average molecular weight is 576 g/mol. The van der Waals surface area contributed by atoms with E-state index in [9.17, 15) is 18.3 Å². The first kappa shape index (κ1) is 30.3. The molecule has 1 amide bonds. The van der Waals surface area contributed by atoms with Gasteiger partial charge in [-0.25, -0.2) is 18.2 Å². The van der Waals surface area contributed by atoms with Gasteiger partial charge < -0.3 is 24.6 Å². The molecule has 0 spiro atoms. The van der Waals surface area contributed by atoms with Crippen LogP contribution in [0.4, 0.5) is 4.79 Å². The highest BCUT2D eigenvalue weighted by Gasteiger charge is 2.40. The Morgan fingerprint density at radius 3 is 2.48 bits per heavy atom. The zero-order chi connectivity index (χ0) is 28.7. The first-order valence-corrected chi connectivity index (χ1v) is 15.3. The molecule has 1 aliphatic heterocycles. The molecule has 10 nitrogen and oxygen atoms in total. The van der Waals surface area contributed by atoms with Crippen molar-refractivity contribution in [2.24, 2.45) is 11.8 Å². The maximum Gasteiger partial charge on any atom is 0.407 e. The van der Waals surface area contributed by atoms with E-state index in [1.807, 2.05) is 44.2 Å². The molecule has 0 aromatic heterocycles. The van der Waals surface area contributed by atoms with Gasteiger partial charge in [0.15, 0.2) is 0 Å². The summed E-state index contributed by atoms with van der Waals surface area (Å²) in [6, 6.07) is 14.9. The van der Waals surface area contributed by atoms with Crippen molar-refractivity contribution < 1.29 is 32.5 Å². The number of nitrogens with zero attached hydrogens (tertiary/aromatic N) is 1. The van der Waals surface area contributed by atoms with E-state index < -0.39 is 28.3 Å². The summed E-state index contributed by atoms with van der Waals surface area (Å²) >= 11 is 0. The van der Waals surface area contributed by atoms with Crippen molar-refractivity contribution in [2.75, 3.05) is 26.8 Å². The molecule has 5 atom stereocenters. The summed E-state index contributed by atoms with van der Waals surface area (Å²) < 4.78 is 42.9. The summed E-state index contributed by atoms with van der Waals surface area (Å²) in [5.41, 5.74) is 0.921. The average Bonchev–Trinajstić information content (AvgIpc) is 3.50. The Morgan fingerprint density at radius 2 is 1.82 bits per heavy atom. The monoisotopic (exact) mass is 575 g/mol. The maximum absolute atomic E-state index is 13.1. The van der Waals surface area contributed by atoms with E-state index in [2.05, 4.69) is 10.1 Å². The van der Waals surface area contributed by atoms with Crippen LogP contribution in [0.2, 0.25) is 0 Å². The fraction of sp³-hybridized carbons (Fsp3) is 0.552. The lowest BCUT2D eigenvalue weighted by molar-refractivity contribution is 0.0458. The number of rotatable bonds is 13. The Balaban J connectivity index is 1.44. The van der Waals surface area contributed by atoms with Gasteiger partial charge in [-0.1, -0.05) is 44.2 Å². The summed E-state index contributed by atoms with van der Waals surface area (Å²) in [4.78, 5) is 15.6. The van der Waals surface area contributed by atoms with Crippen molar-refractivity contribution in [1.82, 2.24) is 15.2 Å². The molecule has 0 bridgehead atoms. The number of hydrogen-bond acceptors (Lipinski definition) is 8. The van der Waals surface area contributed by atoms with Gasteiger partial charge in [0.25, 0.3) is 10.0 Å². The van der Waals surface area contributed by atoms with Gasteiger partial charge >= 0.3 is 6.09 Å². The Hall–Kier alpha value is -2.70. The van der Waals surface area contributed by atoms with Gasteiger partial charge in [0.05, 0.1) is 30.3 Å². The second-order valence-electron chi connectivity index (χ2n) is 11.0. The van der Waals surface area contributed by atoms with Gasteiger partial charge in [-0.3, -0.25) is 0 Å². The zero-order valence-electron chi connectivity index (χ0n) is 23.4. The minimum absolute atomic E-state index is 0.0488. The number of nitrogens with one attached hydrogen (secondary N) is 2. The van der Waals surface area contributed by atoms with Crippen LogP contribution >= 0.6 is 0 Å². The van der Waals surface area contributed by atoms with Gasteiger partial charge in [-0.2, -0.15) is 0 Å². The van der Waals surface area contributed by atoms with Crippen molar-refractivity contribution in [3.63, 3.8) is 0 Å². The van der Waals surface area contributed by atoms with E-state index >= 15 is 0 Å². The van der Waals surface area contributed by atoms with E-state index in [1.165, 1.54) is 24.3 Å². The predicted octanol–water partition coefficient (Wildman–Crippen LogP) is 3.11. The van der Waals surface area contributed by atoms with Crippen LogP contribution in [0.25, 0.3) is 0 Å². The molecule has 2 fully saturated rings. The molecule has 3 N–H and O–H groups in total. The van der Waals surface area contributed by atoms with Crippen molar-refractivity contribution in [1.29, 1.82) is 0 Å². The van der Waals surface area contributed by atoms with Gasteiger partial charge in [0, 0.05) is 26.1 Å². The van der Waals surface area contributed by atoms with Crippen molar-refractivity contribution in [3.05, 3.63) is 60.2 Å². The molecule has 2 aromatic rings.